The first kappa shape index (κ1) is 13.1. The Kier molecular flexibility index (Phi) is 5.01. The van der Waals surface area contributed by atoms with Gasteiger partial charge in [-0.3, -0.25) is 4.90 Å². The van der Waals surface area contributed by atoms with E-state index in [1.54, 1.807) is 0 Å². The lowest BCUT2D eigenvalue weighted by molar-refractivity contribution is 0.0125. The second-order valence-corrected chi connectivity index (χ2v) is 5.38. The number of piperidine rings is 1. The minimum atomic E-state index is 0.482. The van der Waals surface area contributed by atoms with Crippen LogP contribution in [0.3, 0.4) is 0 Å². The van der Waals surface area contributed by atoms with Gasteiger partial charge >= 0.3 is 0 Å². The highest BCUT2D eigenvalue weighted by molar-refractivity contribution is 9.10. The molecule has 1 aliphatic rings. The number of halogens is 1. The van der Waals surface area contributed by atoms with Crippen LogP contribution in [0.1, 0.15) is 25.3 Å². The zero-order valence-electron chi connectivity index (χ0n) is 10.4. The van der Waals surface area contributed by atoms with Gasteiger partial charge in [0.05, 0.1) is 6.10 Å². The first-order valence-corrected chi connectivity index (χ1v) is 7.16. The number of ether oxygens (including phenoxy) is 1. The highest BCUT2D eigenvalue weighted by atomic mass is 79.9. The summed E-state index contributed by atoms with van der Waals surface area (Å²) in [6.45, 7) is 6.25. The molecule has 1 heterocycles. The van der Waals surface area contributed by atoms with Crippen LogP contribution in [0, 0.1) is 0 Å². The Labute approximate surface area is 112 Å². The Hall–Kier alpha value is -0.380. The predicted molar refractivity (Wildman–Crippen MR) is 74.1 cm³/mol. The van der Waals surface area contributed by atoms with Gasteiger partial charge in [0, 0.05) is 30.7 Å². The first-order valence-electron chi connectivity index (χ1n) is 6.37. The summed E-state index contributed by atoms with van der Waals surface area (Å²) in [6, 6.07) is 8.48. The van der Waals surface area contributed by atoms with Crippen LogP contribution in [-0.4, -0.2) is 30.7 Å². The Balaban J connectivity index is 1.84. The maximum Gasteiger partial charge on any atom is 0.0599 e. The fourth-order valence-corrected chi connectivity index (χ4v) is 2.75. The summed E-state index contributed by atoms with van der Waals surface area (Å²) < 4.78 is 6.88. The highest BCUT2D eigenvalue weighted by Crippen LogP contribution is 2.21. The molecule has 0 atom stereocenters. The number of hydrogen-bond acceptors (Lipinski definition) is 2. The molecule has 94 valence electrons. The zero-order valence-corrected chi connectivity index (χ0v) is 11.9. The summed E-state index contributed by atoms with van der Waals surface area (Å²) in [5, 5.41) is 0. The van der Waals surface area contributed by atoms with Crippen molar-refractivity contribution in [2.24, 2.45) is 0 Å². The van der Waals surface area contributed by atoms with Crippen LogP contribution in [0.5, 0.6) is 0 Å². The fraction of sp³-hybridized carbons (Fsp3) is 0.571. The molecule has 0 aromatic heterocycles. The molecule has 3 heteroatoms. The van der Waals surface area contributed by atoms with Gasteiger partial charge in [-0.1, -0.05) is 34.1 Å². The number of rotatable bonds is 4. The third-order valence-corrected chi connectivity index (χ3v) is 4.06. The van der Waals surface area contributed by atoms with E-state index >= 15 is 0 Å². The van der Waals surface area contributed by atoms with E-state index in [0.717, 1.165) is 39.1 Å². The maximum absolute atomic E-state index is 5.67. The Morgan fingerprint density at radius 2 is 2.00 bits per heavy atom. The standard InChI is InChI=1S/C14H20BrNO/c1-2-17-13-7-9-16(10-8-13)11-12-5-3-4-6-14(12)15/h3-6,13H,2,7-11H2,1H3. The molecule has 0 unspecified atom stereocenters. The van der Waals surface area contributed by atoms with Crippen molar-refractivity contribution in [2.45, 2.75) is 32.4 Å². The van der Waals surface area contributed by atoms with Crippen molar-refractivity contribution in [3.8, 4) is 0 Å². The summed E-state index contributed by atoms with van der Waals surface area (Å²) in [7, 11) is 0. The molecule has 2 nitrogen and oxygen atoms in total. The third-order valence-electron chi connectivity index (χ3n) is 3.29. The lowest BCUT2D eigenvalue weighted by atomic mass is 10.1. The molecule has 2 rings (SSSR count). The van der Waals surface area contributed by atoms with Gasteiger partial charge in [0.2, 0.25) is 0 Å². The van der Waals surface area contributed by atoms with E-state index in [1.165, 1.54) is 10.0 Å². The van der Waals surface area contributed by atoms with Crippen molar-refractivity contribution in [3.63, 3.8) is 0 Å². The van der Waals surface area contributed by atoms with Gasteiger partial charge in [-0.2, -0.15) is 0 Å². The monoisotopic (exact) mass is 297 g/mol. The molecule has 1 saturated heterocycles. The van der Waals surface area contributed by atoms with Gasteiger partial charge in [-0.05, 0) is 31.4 Å². The Morgan fingerprint density at radius 1 is 1.29 bits per heavy atom. The molecule has 1 aromatic carbocycles. The molecule has 0 amide bonds. The van der Waals surface area contributed by atoms with Crippen LogP contribution in [-0.2, 0) is 11.3 Å². The quantitative estimate of drug-likeness (QED) is 0.844. The second-order valence-electron chi connectivity index (χ2n) is 4.52. The van der Waals surface area contributed by atoms with Crippen LogP contribution < -0.4 is 0 Å². The van der Waals surface area contributed by atoms with E-state index in [9.17, 15) is 0 Å². The summed E-state index contributed by atoms with van der Waals surface area (Å²) in [5.74, 6) is 0. The van der Waals surface area contributed by atoms with Gasteiger partial charge in [-0.25, -0.2) is 0 Å². The van der Waals surface area contributed by atoms with Crippen LogP contribution in [0.15, 0.2) is 28.7 Å². The van der Waals surface area contributed by atoms with E-state index in [4.69, 9.17) is 4.74 Å². The molecule has 0 bridgehead atoms. The van der Waals surface area contributed by atoms with Crippen LogP contribution in [0.25, 0.3) is 0 Å². The average Bonchev–Trinajstić information content (AvgIpc) is 2.35. The Bertz CT molecular complexity index is 348. The molecule has 1 fully saturated rings. The van der Waals surface area contributed by atoms with Gasteiger partial charge in [0.1, 0.15) is 0 Å². The molecule has 1 aliphatic heterocycles. The van der Waals surface area contributed by atoms with Crippen molar-refractivity contribution < 1.29 is 4.74 Å². The molecule has 0 spiro atoms. The van der Waals surface area contributed by atoms with Gasteiger partial charge in [0.25, 0.3) is 0 Å². The molecule has 17 heavy (non-hydrogen) atoms. The van der Waals surface area contributed by atoms with Crippen LogP contribution in [0.4, 0.5) is 0 Å². The molecular weight excluding hydrogens is 278 g/mol. The van der Waals surface area contributed by atoms with Crippen molar-refractivity contribution in [2.75, 3.05) is 19.7 Å². The number of hydrogen-bond donors (Lipinski definition) is 0. The Morgan fingerprint density at radius 3 is 2.65 bits per heavy atom. The minimum absolute atomic E-state index is 0.482. The molecule has 0 N–H and O–H groups in total. The average molecular weight is 298 g/mol. The number of nitrogens with zero attached hydrogens (tertiary/aromatic N) is 1. The van der Waals surface area contributed by atoms with Crippen molar-refractivity contribution in [1.29, 1.82) is 0 Å². The molecule has 1 aromatic rings. The summed E-state index contributed by atoms with van der Waals surface area (Å²) in [6.07, 6.45) is 2.81. The van der Waals surface area contributed by atoms with E-state index in [2.05, 4.69) is 52.0 Å². The van der Waals surface area contributed by atoms with E-state index < -0.39 is 0 Å². The predicted octanol–water partition coefficient (Wildman–Crippen LogP) is 3.45. The minimum Gasteiger partial charge on any atom is -0.378 e. The normalized spacial score (nSPS) is 18.5. The topological polar surface area (TPSA) is 12.5 Å². The molecule has 0 radical (unpaired) electrons. The smallest absolute Gasteiger partial charge is 0.0599 e. The zero-order chi connectivity index (χ0) is 12.1. The number of likely N-dealkylation sites (tertiary alicyclic amines) is 1. The lowest BCUT2D eigenvalue weighted by Gasteiger charge is -2.31. The van der Waals surface area contributed by atoms with E-state index in [1.807, 2.05) is 0 Å². The second kappa shape index (κ2) is 6.53. The van der Waals surface area contributed by atoms with E-state index in [0.29, 0.717) is 6.10 Å². The van der Waals surface area contributed by atoms with Gasteiger partial charge in [-0.15, -0.1) is 0 Å². The molecule has 0 aliphatic carbocycles. The van der Waals surface area contributed by atoms with Crippen molar-refractivity contribution in [1.82, 2.24) is 4.90 Å². The summed E-state index contributed by atoms with van der Waals surface area (Å²) in [5.41, 5.74) is 1.38. The van der Waals surface area contributed by atoms with Gasteiger partial charge in [0.15, 0.2) is 0 Å². The fourth-order valence-electron chi connectivity index (χ4n) is 2.34. The maximum atomic E-state index is 5.67. The summed E-state index contributed by atoms with van der Waals surface area (Å²) >= 11 is 3.61. The van der Waals surface area contributed by atoms with Crippen LogP contribution in [0.2, 0.25) is 0 Å². The third kappa shape index (κ3) is 3.80. The van der Waals surface area contributed by atoms with Crippen molar-refractivity contribution in [3.05, 3.63) is 34.3 Å². The first-order chi connectivity index (χ1) is 8.29. The van der Waals surface area contributed by atoms with Crippen molar-refractivity contribution >= 4 is 15.9 Å². The summed E-state index contributed by atoms with van der Waals surface area (Å²) in [4.78, 5) is 2.51. The lowest BCUT2D eigenvalue weighted by Crippen LogP contribution is -2.36. The van der Waals surface area contributed by atoms with Crippen LogP contribution >= 0.6 is 15.9 Å². The van der Waals surface area contributed by atoms with E-state index in [-0.39, 0.29) is 0 Å². The molecule has 0 saturated carbocycles. The van der Waals surface area contributed by atoms with Gasteiger partial charge < -0.3 is 4.74 Å². The highest BCUT2D eigenvalue weighted by Gasteiger charge is 2.19. The largest absolute Gasteiger partial charge is 0.378 e. The molecular formula is C14H20BrNO. The SMILES string of the molecule is CCOC1CCN(Cc2ccccc2Br)CC1. The number of benzene rings is 1.